The van der Waals surface area contributed by atoms with Crippen molar-refractivity contribution in [1.29, 1.82) is 0 Å². The maximum absolute atomic E-state index is 12.6. The average Bonchev–Trinajstić information content (AvgIpc) is 3.29. The first-order valence-electron chi connectivity index (χ1n) is 8.63. The van der Waals surface area contributed by atoms with Crippen LogP contribution in [0.25, 0.3) is 11.4 Å². The summed E-state index contributed by atoms with van der Waals surface area (Å²) in [6.07, 6.45) is 7.02. The maximum atomic E-state index is 12.6. The number of furan rings is 1. The molecule has 1 fully saturated rings. The van der Waals surface area contributed by atoms with Crippen LogP contribution in [0.15, 0.2) is 27.5 Å². The van der Waals surface area contributed by atoms with E-state index in [-0.39, 0.29) is 5.91 Å². The minimum absolute atomic E-state index is 0.173. The van der Waals surface area contributed by atoms with Crippen LogP contribution in [0, 0.1) is 0 Å². The van der Waals surface area contributed by atoms with Crippen LogP contribution in [0.1, 0.15) is 38.5 Å². The molecule has 3 rings (SSSR count). The third-order valence-electron chi connectivity index (χ3n) is 4.33. The Labute approximate surface area is 141 Å². The van der Waals surface area contributed by atoms with Gasteiger partial charge >= 0.3 is 0 Å². The summed E-state index contributed by atoms with van der Waals surface area (Å²) in [5, 5.41) is 7.27. The number of carbonyl (C=O) groups is 1. The van der Waals surface area contributed by atoms with Crippen LogP contribution >= 0.6 is 0 Å². The molecule has 0 spiro atoms. The first-order chi connectivity index (χ1) is 11.8. The molecule has 1 amide bonds. The Morgan fingerprint density at radius 3 is 2.96 bits per heavy atom. The molecule has 2 aromatic rings. The number of aromatic nitrogens is 2. The van der Waals surface area contributed by atoms with E-state index >= 15 is 0 Å². The monoisotopic (exact) mass is 332 g/mol. The lowest BCUT2D eigenvalue weighted by atomic mass is 10.0. The highest BCUT2D eigenvalue weighted by Crippen LogP contribution is 2.18. The molecule has 2 aromatic heterocycles. The Morgan fingerprint density at radius 1 is 1.42 bits per heavy atom. The van der Waals surface area contributed by atoms with Crippen LogP contribution in [0.3, 0.4) is 0 Å². The van der Waals surface area contributed by atoms with E-state index in [1.54, 1.807) is 18.6 Å². The van der Waals surface area contributed by atoms with Gasteiger partial charge in [-0.1, -0.05) is 12.1 Å². The van der Waals surface area contributed by atoms with Gasteiger partial charge in [-0.25, -0.2) is 0 Å². The van der Waals surface area contributed by atoms with Gasteiger partial charge in [-0.3, -0.25) is 4.79 Å². The van der Waals surface area contributed by atoms with E-state index in [2.05, 4.69) is 22.4 Å². The first kappa shape index (κ1) is 16.7. The molecule has 0 aromatic carbocycles. The van der Waals surface area contributed by atoms with Crippen LogP contribution in [0.5, 0.6) is 0 Å². The topological polar surface area (TPSA) is 84.4 Å². The highest BCUT2D eigenvalue weighted by atomic mass is 16.5. The smallest absolute Gasteiger partial charge is 0.227 e. The summed E-state index contributed by atoms with van der Waals surface area (Å²) in [7, 11) is 0. The zero-order valence-electron chi connectivity index (χ0n) is 14.0. The van der Waals surface area contributed by atoms with Crippen molar-refractivity contribution in [1.82, 2.24) is 20.4 Å². The number of nitrogens with one attached hydrogen (secondary N) is 1. The standard InChI is InChI=1S/C17H24N4O3/c1-2-10-21(14-5-8-18-9-6-14)16(22)4-3-15-19-17(20-24-15)13-7-11-23-12-13/h7,11-12,14,18H,2-6,8-10H2,1H3. The third kappa shape index (κ3) is 4.03. The molecular formula is C17H24N4O3. The van der Waals surface area contributed by atoms with Gasteiger partial charge < -0.3 is 19.2 Å². The van der Waals surface area contributed by atoms with Gasteiger partial charge in [0, 0.05) is 25.4 Å². The minimum atomic E-state index is 0.173. The van der Waals surface area contributed by atoms with E-state index in [0.717, 1.165) is 44.5 Å². The van der Waals surface area contributed by atoms with Crippen molar-refractivity contribution in [2.24, 2.45) is 0 Å². The van der Waals surface area contributed by atoms with Gasteiger partial charge in [0.05, 0.1) is 11.8 Å². The largest absolute Gasteiger partial charge is 0.472 e. The lowest BCUT2D eigenvalue weighted by Crippen LogP contribution is -2.46. The highest BCUT2D eigenvalue weighted by molar-refractivity contribution is 5.76. The van der Waals surface area contributed by atoms with Crippen molar-refractivity contribution in [2.45, 2.75) is 45.1 Å². The van der Waals surface area contributed by atoms with Crippen LogP contribution in [0.4, 0.5) is 0 Å². The van der Waals surface area contributed by atoms with Gasteiger partial charge in [0.2, 0.25) is 17.6 Å². The summed E-state index contributed by atoms with van der Waals surface area (Å²) in [6.45, 7) is 4.88. The molecule has 0 saturated carbocycles. The van der Waals surface area contributed by atoms with Crippen molar-refractivity contribution in [3.05, 3.63) is 24.5 Å². The van der Waals surface area contributed by atoms with Gasteiger partial charge in [-0.05, 0) is 38.4 Å². The molecule has 130 valence electrons. The van der Waals surface area contributed by atoms with Crippen molar-refractivity contribution >= 4 is 5.91 Å². The predicted octanol–water partition coefficient (Wildman–Crippen LogP) is 2.25. The summed E-state index contributed by atoms with van der Waals surface area (Å²) >= 11 is 0. The molecule has 1 saturated heterocycles. The second-order valence-electron chi connectivity index (χ2n) is 6.09. The van der Waals surface area contributed by atoms with Gasteiger partial charge in [0.15, 0.2) is 0 Å². The number of aryl methyl sites for hydroxylation is 1. The second kappa shape index (κ2) is 8.10. The normalized spacial score (nSPS) is 15.5. The molecular weight excluding hydrogens is 308 g/mol. The second-order valence-corrected chi connectivity index (χ2v) is 6.09. The van der Waals surface area contributed by atoms with Crippen LogP contribution in [-0.4, -0.2) is 46.6 Å². The van der Waals surface area contributed by atoms with E-state index in [4.69, 9.17) is 8.94 Å². The van der Waals surface area contributed by atoms with Crippen molar-refractivity contribution in [3.63, 3.8) is 0 Å². The number of piperidine rings is 1. The molecule has 3 heterocycles. The first-order valence-corrected chi connectivity index (χ1v) is 8.63. The molecule has 0 radical (unpaired) electrons. The SMILES string of the molecule is CCCN(C(=O)CCc1nc(-c2ccoc2)no1)C1CCNCC1. The Bertz CT molecular complexity index is 632. The Hall–Kier alpha value is -2.15. The third-order valence-corrected chi connectivity index (χ3v) is 4.33. The van der Waals surface area contributed by atoms with E-state index in [0.29, 0.717) is 30.6 Å². The number of amides is 1. The zero-order chi connectivity index (χ0) is 16.8. The number of rotatable bonds is 7. The summed E-state index contributed by atoms with van der Waals surface area (Å²) < 4.78 is 10.3. The Kier molecular flexibility index (Phi) is 5.63. The van der Waals surface area contributed by atoms with E-state index in [9.17, 15) is 4.79 Å². The Balaban J connectivity index is 1.57. The van der Waals surface area contributed by atoms with Crippen molar-refractivity contribution in [2.75, 3.05) is 19.6 Å². The fraction of sp³-hybridized carbons (Fsp3) is 0.588. The molecule has 0 unspecified atom stereocenters. The van der Waals surface area contributed by atoms with E-state index in [1.807, 2.05) is 4.90 Å². The molecule has 7 heteroatoms. The quantitative estimate of drug-likeness (QED) is 0.837. The molecule has 1 aliphatic rings. The highest BCUT2D eigenvalue weighted by Gasteiger charge is 2.24. The van der Waals surface area contributed by atoms with Gasteiger partial charge in [0.25, 0.3) is 0 Å². The zero-order valence-corrected chi connectivity index (χ0v) is 14.0. The predicted molar refractivity (Wildman–Crippen MR) is 88.2 cm³/mol. The maximum Gasteiger partial charge on any atom is 0.227 e. The van der Waals surface area contributed by atoms with E-state index in [1.165, 1.54) is 0 Å². The lowest BCUT2D eigenvalue weighted by Gasteiger charge is -2.34. The van der Waals surface area contributed by atoms with Gasteiger partial charge in [0.1, 0.15) is 6.26 Å². The summed E-state index contributed by atoms with van der Waals surface area (Å²) in [4.78, 5) is 19.0. The van der Waals surface area contributed by atoms with Crippen LogP contribution < -0.4 is 5.32 Å². The number of hydrogen-bond acceptors (Lipinski definition) is 6. The fourth-order valence-electron chi connectivity index (χ4n) is 3.09. The molecule has 7 nitrogen and oxygen atoms in total. The summed E-state index contributed by atoms with van der Waals surface area (Å²) in [5.41, 5.74) is 0.777. The van der Waals surface area contributed by atoms with Crippen molar-refractivity contribution < 1.29 is 13.7 Å². The molecule has 24 heavy (non-hydrogen) atoms. The number of carbonyl (C=O) groups excluding carboxylic acids is 1. The van der Waals surface area contributed by atoms with Gasteiger partial charge in [-0.2, -0.15) is 4.98 Å². The molecule has 0 aliphatic carbocycles. The fourth-order valence-corrected chi connectivity index (χ4v) is 3.09. The lowest BCUT2D eigenvalue weighted by molar-refractivity contribution is -0.134. The number of hydrogen-bond donors (Lipinski definition) is 1. The molecule has 0 bridgehead atoms. The van der Waals surface area contributed by atoms with Crippen molar-refractivity contribution in [3.8, 4) is 11.4 Å². The molecule has 1 aliphatic heterocycles. The van der Waals surface area contributed by atoms with Crippen LogP contribution in [0.2, 0.25) is 0 Å². The molecule has 0 atom stereocenters. The summed E-state index contributed by atoms with van der Waals surface area (Å²) in [5.74, 6) is 1.16. The average molecular weight is 332 g/mol. The molecule has 1 N–H and O–H groups in total. The van der Waals surface area contributed by atoms with Crippen LogP contribution in [-0.2, 0) is 11.2 Å². The Morgan fingerprint density at radius 2 is 2.25 bits per heavy atom. The summed E-state index contributed by atoms with van der Waals surface area (Å²) in [6, 6.07) is 2.13. The number of nitrogens with zero attached hydrogens (tertiary/aromatic N) is 3. The van der Waals surface area contributed by atoms with E-state index < -0.39 is 0 Å². The van der Waals surface area contributed by atoms with Gasteiger partial charge in [-0.15, -0.1) is 0 Å². The minimum Gasteiger partial charge on any atom is -0.472 e.